The number of thiophene rings is 1. The molecule has 1 fully saturated rings. The Hall–Kier alpha value is -2.23. The van der Waals surface area contributed by atoms with Crippen molar-refractivity contribution in [1.82, 2.24) is 10.0 Å². The van der Waals surface area contributed by atoms with Gasteiger partial charge in [0.05, 0.1) is 6.54 Å². The van der Waals surface area contributed by atoms with E-state index in [-0.39, 0.29) is 22.6 Å². The lowest BCUT2D eigenvalue weighted by atomic mass is 10.1. The molecular weight excluding hydrogens is 398 g/mol. The zero-order valence-corrected chi connectivity index (χ0v) is 17.2. The lowest BCUT2D eigenvalue weighted by Gasteiger charge is -2.27. The van der Waals surface area contributed by atoms with Crippen LogP contribution < -0.4 is 14.9 Å². The number of rotatable bonds is 7. The molecule has 2 heterocycles. The summed E-state index contributed by atoms with van der Waals surface area (Å²) in [4.78, 5) is 25.6. The molecule has 0 spiro atoms. The number of piperidine rings is 1. The molecular formula is C19H23N3O4S2. The van der Waals surface area contributed by atoms with Crippen LogP contribution in [-0.4, -0.2) is 26.8 Å². The Morgan fingerprint density at radius 3 is 2.75 bits per heavy atom. The van der Waals surface area contributed by atoms with Gasteiger partial charge in [0, 0.05) is 37.0 Å². The first kappa shape index (κ1) is 20.5. The molecule has 1 aromatic heterocycles. The van der Waals surface area contributed by atoms with Gasteiger partial charge in [-0.15, -0.1) is 11.3 Å². The Kier molecular flexibility index (Phi) is 6.48. The molecule has 2 N–H and O–H groups in total. The van der Waals surface area contributed by atoms with E-state index in [0.717, 1.165) is 40.3 Å². The largest absolute Gasteiger partial charge is 0.351 e. The number of carbonyl (C=O) groups excluding carboxylic acids is 2. The summed E-state index contributed by atoms with van der Waals surface area (Å²) in [6.07, 6.45) is 2.44. The van der Waals surface area contributed by atoms with Crippen molar-refractivity contribution in [2.45, 2.75) is 43.5 Å². The molecule has 28 heavy (non-hydrogen) atoms. The fourth-order valence-electron chi connectivity index (χ4n) is 2.97. The van der Waals surface area contributed by atoms with Gasteiger partial charge in [-0.1, -0.05) is 12.1 Å². The van der Waals surface area contributed by atoms with Gasteiger partial charge in [-0.2, -0.15) is 0 Å². The third-order valence-corrected chi connectivity index (χ3v) is 7.40. The SMILES string of the molecule is CC(=O)NCc1ccc(S(=O)(=O)NCc2cccc(N3CCCCC3=O)c2)s1. The number of carbonyl (C=O) groups is 2. The minimum absolute atomic E-state index is 0.106. The molecule has 7 nitrogen and oxygen atoms in total. The van der Waals surface area contributed by atoms with Crippen LogP contribution in [0.3, 0.4) is 0 Å². The van der Waals surface area contributed by atoms with Crippen molar-refractivity contribution >= 4 is 38.9 Å². The summed E-state index contributed by atoms with van der Waals surface area (Å²) in [5, 5.41) is 2.65. The highest BCUT2D eigenvalue weighted by molar-refractivity contribution is 7.91. The molecule has 0 unspecified atom stereocenters. The van der Waals surface area contributed by atoms with Gasteiger partial charge in [0.25, 0.3) is 0 Å². The standard InChI is InChI=1S/C19H23N3O4S2/c1-14(23)20-13-17-8-9-19(27-17)28(25,26)21-12-15-5-4-6-16(11-15)22-10-3-2-7-18(22)24/h4-6,8-9,11,21H,2-3,7,10,12-13H2,1H3,(H,20,23). The summed E-state index contributed by atoms with van der Waals surface area (Å²) < 4.78 is 27.9. The number of anilines is 1. The normalized spacial score (nSPS) is 14.9. The van der Waals surface area contributed by atoms with Crippen molar-refractivity contribution in [3.63, 3.8) is 0 Å². The van der Waals surface area contributed by atoms with Crippen molar-refractivity contribution in [3.05, 3.63) is 46.8 Å². The third kappa shape index (κ3) is 5.18. The minimum Gasteiger partial charge on any atom is -0.351 e. The maximum atomic E-state index is 12.5. The first-order chi connectivity index (χ1) is 13.3. The van der Waals surface area contributed by atoms with Gasteiger partial charge in [-0.25, -0.2) is 13.1 Å². The Labute approximate surface area is 168 Å². The highest BCUT2D eigenvalue weighted by atomic mass is 32.2. The van der Waals surface area contributed by atoms with E-state index in [1.807, 2.05) is 24.3 Å². The predicted molar refractivity (Wildman–Crippen MR) is 109 cm³/mol. The van der Waals surface area contributed by atoms with E-state index in [1.165, 1.54) is 13.0 Å². The van der Waals surface area contributed by atoms with E-state index in [0.29, 0.717) is 19.5 Å². The molecule has 0 bridgehead atoms. The summed E-state index contributed by atoms with van der Waals surface area (Å²) in [6.45, 7) is 2.55. The second-order valence-electron chi connectivity index (χ2n) is 6.63. The number of hydrogen-bond donors (Lipinski definition) is 2. The summed E-state index contributed by atoms with van der Waals surface area (Å²) in [7, 11) is -3.65. The van der Waals surface area contributed by atoms with Crippen LogP contribution in [0.15, 0.2) is 40.6 Å². The quantitative estimate of drug-likeness (QED) is 0.717. The van der Waals surface area contributed by atoms with Gasteiger partial charge in [0.15, 0.2) is 0 Å². The lowest BCUT2D eigenvalue weighted by Crippen LogP contribution is -2.35. The van der Waals surface area contributed by atoms with E-state index >= 15 is 0 Å². The highest BCUT2D eigenvalue weighted by Crippen LogP contribution is 2.24. The number of hydrogen-bond acceptors (Lipinski definition) is 5. The molecule has 3 rings (SSSR count). The first-order valence-electron chi connectivity index (χ1n) is 9.07. The number of sulfonamides is 1. The molecule has 2 amide bonds. The van der Waals surface area contributed by atoms with Crippen molar-refractivity contribution in [3.8, 4) is 0 Å². The Morgan fingerprint density at radius 2 is 2.00 bits per heavy atom. The second kappa shape index (κ2) is 8.85. The molecule has 0 radical (unpaired) electrons. The minimum atomic E-state index is -3.65. The maximum Gasteiger partial charge on any atom is 0.250 e. The first-order valence-corrected chi connectivity index (χ1v) is 11.4. The molecule has 1 aromatic carbocycles. The number of amides is 2. The van der Waals surface area contributed by atoms with E-state index < -0.39 is 10.0 Å². The van der Waals surface area contributed by atoms with Gasteiger partial charge < -0.3 is 10.2 Å². The zero-order chi connectivity index (χ0) is 20.1. The summed E-state index contributed by atoms with van der Waals surface area (Å²) in [6, 6.07) is 10.6. The van der Waals surface area contributed by atoms with Crippen LogP contribution in [0.25, 0.3) is 0 Å². The topological polar surface area (TPSA) is 95.6 Å². The fourth-order valence-corrected chi connectivity index (χ4v) is 5.33. The van der Waals surface area contributed by atoms with Crippen LogP contribution in [0.2, 0.25) is 0 Å². The highest BCUT2D eigenvalue weighted by Gasteiger charge is 2.20. The smallest absolute Gasteiger partial charge is 0.250 e. The van der Waals surface area contributed by atoms with E-state index in [9.17, 15) is 18.0 Å². The van der Waals surface area contributed by atoms with Gasteiger partial charge in [-0.3, -0.25) is 9.59 Å². The molecule has 2 aromatic rings. The molecule has 1 aliphatic heterocycles. The zero-order valence-electron chi connectivity index (χ0n) is 15.6. The van der Waals surface area contributed by atoms with E-state index in [2.05, 4.69) is 10.0 Å². The third-order valence-electron chi connectivity index (χ3n) is 4.43. The van der Waals surface area contributed by atoms with Gasteiger partial charge in [0.1, 0.15) is 4.21 Å². The molecule has 1 aliphatic rings. The summed E-state index contributed by atoms with van der Waals surface area (Å²) in [5.74, 6) is -0.0581. The van der Waals surface area contributed by atoms with Crippen molar-refractivity contribution in [1.29, 1.82) is 0 Å². The van der Waals surface area contributed by atoms with E-state index in [1.54, 1.807) is 11.0 Å². The monoisotopic (exact) mass is 421 g/mol. The molecule has 0 saturated carbocycles. The Balaban J connectivity index is 1.65. The molecule has 9 heteroatoms. The molecule has 1 saturated heterocycles. The number of nitrogens with one attached hydrogen (secondary N) is 2. The van der Waals surface area contributed by atoms with E-state index in [4.69, 9.17) is 0 Å². The Bertz CT molecular complexity index is 969. The second-order valence-corrected chi connectivity index (χ2v) is 9.79. The Morgan fingerprint density at radius 1 is 1.18 bits per heavy atom. The van der Waals surface area contributed by atoms with Crippen molar-refractivity contribution < 1.29 is 18.0 Å². The molecule has 150 valence electrons. The van der Waals surface area contributed by atoms with Crippen LogP contribution in [0.5, 0.6) is 0 Å². The number of benzene rings is 1. The predicted octanol–water partition coefficient (Wildman–Crippen LogP) is 2.38. The van der Waals surface area contributed by atoms with Crippen LogP contribution in [0, 0.1) is 0 Å². The summed E-state index contributed by atoms with van der Waals surface area (Å²) >= 11 is 1.13. The van der Waals surface area contributed by atoms with Gasteiger partial charge >= 0.3 is 0 Å². The van der Waals surface area contributed by atoms with Gasteiger partial charge in [0.2, 0.25) is 21.8 Å². The average molecular weight is 422 g/mol. The van der Waals surface area contributed by atoms with Crippen molar-refractivity contribution in [2.24, 2.45) is 0 Å². The van der Waals surface area contributed by atoms with Crippen LogP contribution in [0.1, 0.15) is 36.6 Å². The van der Waals surface area contributed by atoms with Crippen LogP contribution in [0.4, 0.5) is 5.69 Å². The summed E-state index contributed by atoms with van der Waals surface area (Å²) in [5.41, 5.74) is 1.59. The maximum absolute atomic E-state index is 12.5. The van der Waals surface area contributed by atoms with Crippen LogP contribution in [-0.2, 0) is 32.7 Å². The van der Waals surface area contributed by atoms with Gasteiger partial charge in [-0.05, 0) is 42.7 Å². The van der Waals surface area contributed by atoms with Crippen molar-refractivity contribution in [2.75, 3.05) is 11.4 Å². The molecule has 0 atom stereocenters. The molecule has 0 aliphatic carbocycles. The van der Waals surface area contributed by atoms with Crippen LogP contribution >= 0.6 is 11.3 Å². The fraction of sp³-hybridized carbons (Fsp3) is 0.368. The lowest BCUT2D eigenvalue weighted by molar-refractivity contribution is -0.120. The number of nitrogens with zero attached hydrogens (tertiary/aromatic N) is 1. The average Bonchev–Trinajstić information content (AvgIpc) is 3.16.